The largest absolute Gasteiger partial charge is 0.480 e. The number of amides is 1. The third-order valence-electron chi connectivity index (χ3n) is 3.27. The molecule has 108 valence electrons. The van der Waals surface area contributed by atoms with Crippen LogP contribution in [0.4, 0.5) is 8.78 Å². The van der Waals surface area contributed by atoms with Crippen molar-refractivity contribution >= 4 is 11.9 Å². The summed E-state index contributed by atoms with van der Waals surface area (Å²) in [5.41, 5.74) is 0.0412. The normalized spacial score (nSPS) is 15.7. The fraction of sp³-hybridized carbons (Fsp3) is 0.429. The molecule has 1 aromatic rings. The van der Waals surface area contributed by atoms with Crippen LogP contribution in [0.5, 0.6) is 0 Å². The van der Waals surface area contributed by atoms with Gasteiger partial charge in [0, 0.05) is 6.07 Å². The smallest absolute Gasteiger partial charge is 0.326 e. The van der Waals surface area contributed by atoms with Crippen molar-refractivity contribution in [2.75, 3.05) is 0 Å². The average Bonchev–Trinajstić information content (AvgIpc) is 3.16. The fourth-order valence-electron chi connectivity index (χ4n) is 1.99. The molecular formula is C14H15F2NO3. The molecule has 0 bridgehead atoms. The van der Waals surface area contributed by atoms with Gasteiger partial charge in [0.2, 0.25) is 5.91 Å². The first kappa shape index (κ1) is 14.4. The molecule has 1 aromatic carbocycles. The van der Waals surface area contributed by atoms with Crippen LogP contribution in [0.15, 0.2) is 18.2 Å². The molecule has 0 saturated heterocycles. The maximum atomic E-state index is 13.4. The Bertz CT molecular complexity index is 529. The molecule has 0 aliphatic heterocycles. The Hall–Kier alpha value is -1.98. The summed E-state index contributed by atoms with van der Waals surface area (Å²) < 4.78 is 26.1. The van der Waals surface area contributed by atoms with Crippen molar-refractivity contribution in [3.8, 4) is 0 Å². The summed E-state index contributed by atoms with van der Waals surface area (Å²) in [5, 5.41) is 11.4. The Morgan fingerprint density at radius 2 is 2.05 bits per heavy atom. The molecule has 1 aliphatic carbocycles. The number of aliphatic carboxylic acids is 1. The van der Waals surface area contributed by atoms with Crippen LogP contribution in [0.2, 0.25) is 0 Å². The standard InChI is InChI=1S/C14H15F2NO3/c15-10-4-3-9(11(16)7-10)6-13(18)17-12(14(19)20)5-8-1-2-8/h3-4,7-8,12H,1-2,5-6H2,(H,17,18)(H,19,20)/t12-/m1/s1. The number of nitrogens with one attached hydrogen (secondary N) is 1. The Kier molecular flexibility index (Phi) is 4.32. The van der Waals surface area contributed by atoms with Gasteiger partial charge in [0.15, 0.2) is 0 Å². The van der Waals surface area contributed by atoms with Crippen molar-refractivity contribution in [1.29, 1.82) is 0 Å². The Balaban J connectivity index is 1.94. The number of carbonyl (C=O) groups excluding carboxylic acids is 1. The van der Waals surface area contributed by atoms with Crippen molar-refractivity contribution in [3.05, 3.63) is 35.4 Å². The molecule has 0 aromatic heterocycles. The molecule has 0 heterocycles. The molecule has 0 spiro atoms. The van der Waals surface area contributed by atoms with Gasteiger partial charge in [-0.15, -0.1) is 0 Å². The van der Waals surface area contributed by atoms with Crippen molar-refractivity contribution in [2.24, 2.45) is 5.92 Å². The molecule has 2 rings (SSSR count). The number of benzene rings is 1. The van der Waals surface area contributed by atoms with Gasteiger partial charge in [-0.2, -0.15) is 0 Å². The van der Waals surface area contributed by atoms with Gasteiger partial charge < -0.3 is 10.4 Å². The highest BCUT2D eigenvalue weighted by Crippen LogP contribution is 2.33. The minimum atomic E-state index is -1.09. The summed E-state index contributed by atoms with van der Waals surface area (Å²) in [4.78, 5) is 22.8. The highest BCUT2D eigenvalue weighted by Gasteiger charge is 2.30. The summed E-state index contributed by atoms with van der Waals surface area (Å²) >= 11 is 0. The number of hydrogen-bond donors (Lipinski definition) is 2. The lowest BCUT2D eigenvalue weighted by molar-refractivity contribution is -0.142. The zero-order valence-corrected chi connectivity index (χ0v) is 10.7. The summed E-state index contributed by atoms with van der Waals surface area (Å²) in [6.07, 6.45) is 2.05. The maximum absolute atomic E-state index is 13.4. The highest BCUT2D eigenvalue weighted by molar-refractivity contribution is 5.84. The van der Waals surface area contributed by atoms with Gasteiger partial charge in [0.1, 0.15) is 17.7 Å². The molecular weight excluding hydrogens is 268 g/mol. The topological polar surface area (TPSA) is 66.4 Å². The van der Waals surface area contributed by atoms with Crippen molar-refractivity contribution in [3.63, 3.8) is 0 Å². The number of carboxylic acids is 1. The first-order chi connectivity index (χ1) is 9.45. The predicted molar refractivity (Wildman–Crippen MR) is 67.0 cm³/mol. The highest BCUT2D eigenvalue weighted by atomic mass is 19.1. The van der Waals surface area contributed by atoms with Gasteiger partial charge >= 0.3 is 5.97 Å². The molecule has 20 heavy (non-hydrogen) atoms. The number of halogens is 2. The Morgan fingerprint density at radius 3 is 2.60 bits per heavy atom. The molecule has 0 radical (unpaired) electrons. The Labute approximate surface area is 114 Å². The number of rotatable bonds is 6. The van der Waals surface area contributed by atoms with Crippen LogP contribution in [0.3, 0.4) is 0 Å². The van der Waals surface area contributed by atoms with E-state index >= 15 is 0 Å². The molecule has 4 nitrogen and oxygen atoms in total. The monoisotopic (exact) mass is 283 g/mol. The van der Waals surface area contributed by atoms with E-state index in [0.29, 0.717) is 18.4 Å². The maximum Gasteiger partial charge on any atom is 0.326 e. The fourth-order valence-corrected chi connectivity index (χ4v) is 1.99. The second-order valence-electron chi connectivity index (χ2n) is 5.05. The van der Waals surface area contributed by atoms with Crippen molar-refractivity contribution in [2.45, 2.75) is 31.7 Å². The molecule has 0 unspecified atom stereocenters. The number of carbonyl (C=O) groups is 2. The van der Waals surface area contributed by atoms with Crippen LogP contribution in [-0.4, -0.2) is 23.0 Å². The van der Waals surface area contributed by atoms with Crippen LogP contribution < -0.4 is 5.32 Å². The summed E-state index contributed by atoms with van der Waals surface area (Å²) in [6, 6.07) is 1.99. The Morgan fingerprint density at radius 1 is 1.35 bits per heavy atom. The zero-order valence-electron chi connectivity index (χ0n) is 10.7. The second kappa shape index (κ2) is 5.98. The van der Waals surface area contributed by atoms with E-state index in [0.717, 1.165) is 18.9 Å². The molecule has 6 heteroatoms. The second-order valence-corrected chi connectivity index (χ2v) is 5.05. The van der Waals surface area contributed by atoms with Gasteiger partial charge in [-0.05, 0) is 24.0 Å². The minimum Gasteiger partial charge on any atom is -0.480 e. The van der Waals surface area contributed by atoms with E-state index in [2.05, 4.69) is 5.32 Å². The number of hydrogen-bond acceptors (Lipinski definition) is 2. The van der Waals surface area contributed by atoms with E-state index in [1.807, 2.05) is 0 Å². The van der Waals surface area contributed by atoms with Crippen LogP contribution >= 0.6 is 0 Å². The van der Waals surface area contributed by atoms with E-state index in [-0.39, 0.29) is 12.0 Å². The lowest BCUT2D eigenvalue weighted by atomic mass is 10.1. The van der Waals surface area contributed by atoms with Crippen molar-refractivity contribution < 1.29 is 23.5 Å². The molecule has 1 amide bonds. The lowest BCUT2D eigenvalue weighted by Gasteiger charge is -2.14. The predicted octanol–water partition coefficient (Wildman–Crippen LogP) is 1.88. The van der Waals surface area contributed by atoms with Crippen LogP contribution in [0.1, 0.15) is 24.8 Å². The molecule has 2 N–H and O–H groups in total. The van der Waals surface area contributed by atoms with Gasteiger partial charge in [0.25, 0.3) is 0 Å². The average molecular weight is 283 g/mol. The van der Waals surface area contributed by atoms with Crippen LogP contribution in [0, 0.1) is 17.6 Å². The van der Waals surface area contributed by atoms with E-state index in [1.165, 1.54) is 6.07 Å². The molecule has 1 aliphatic rings. The zero-order chi connectivity index (χ0) is 14.7. The SMILES string of the molecule is O=C(Cc1ccc(F)cc1F)N[C@H](CC1CC1)C(=O)O. The van der Waals surface area contributed by atoms with E-state index in [4.69, 9.17) is 5.11 Å². The minimum absolute atomic E-state index is 0.0412. The van der Waals surface area contributed by atoms with Crippen LogP contribution in [-0.2, 0) is 16.0 Å². The van der Waals surface area contributed by atoms with Gasteiger partial charge in [-0.1, -0.05) is 18.9 Å². The molecule has 1 fully saturated rings. The van der Waals surface area contributed by atoms with E-state index < -0.39 is 29.6 Å². The third-order valence-corrected chi connectivity index (χ3v) is 3.27. The first-order valence-corrected chi connectivity index (χ1v) is 6.42. The number of carboxylic acid groups (broad SMARTS) is 1. The summed E-state index contributed by atoms with van der Waals surface area (Å²) in [6.45, 7) is 0. The third kappa shape index (κ3) is 4.01. The lowest BCUT2D eigenvalue weighted by Crippen LogP contribution is -2.41. The molecule has 1 saturated carbocycles. The van der Waals surface area contributed by atoms with Crippen molar-refractivity contribution in [1.82, 2.24) is 5.32 Å². The van der Waals surface area contributed by atoms with Gasteiger partial charge in [0.05, 0.1) is 6.42 Å². The van der Waals surface area contributed by atoms with E-state index in [1.54, 1.807) is 0 Å². The molecule has 1 atom stereocenters. The van der Waals surface area contributed by atoms with Gasteiger partial charge in [-0.3, -0.25) is 4.79 Å². The van der Waals surface area contributed by atoms with Crippen LogP contribution in [0.25, 0.3) is 0 Å². The quantitative estimate of drug-likeness (QED) is 0.837. The summed E-state index contributed by atoms with van der Waals surface area (Å²) in [5.74, 6) is -2.86. The first-order valence-electron chi connectivity index (χ1n) is 6.42. The van der Waals surface area contributed by atoms with Gasteiger partial charge in [-0.25, -0.2) is 13.6 Å². The summed E-state index contributed by atoms with van der Waals surface area (Å²) in [7, 11) is 0. The van der Waals surface area contributed by atoms with E-state index in [9.17, 15) is 18.4 Å².